The van der Waals surface area contributed by atoms with Gasteiger partial charge in [0.05, 0.1) is 6.61 Å². The van der Waals surface area contributed by atoms with E-state index in [0.29, 0.717) is 19.0 Å². The summed E-state index contributed by atoms with van der Waals surface area (Å²) in [6.45, 7) is 0.0256. The first-order valence-corrected chi connectivity index (χ1v) is 4.51. The SMILES string of the molecule is FC(F)(F)COCCNCCCCl. The molecule has 0 aliphatic carbocycles. The van der Waals surface area contributed by atoms with Gasteiger partial charge in [0.1, 0.15) is 6.61 Å². The third kappa shape index (κ3) is 12.0. The molecule has 0 rings (SSSR count). The maximum absolute atomic E-state index is 11.5. The zero-order valence-electron chi connectivity index (χ0n) is 7.16. The van der Waals surface area contributed by atoms with Crippen LogP contribution in [-0.2, 0) is 4.74 Å². The average molecular weight is 220 g/mol. The van der Waals surface area contributed by atoms with Crippen molar-refractivity contribution in [3.05, 3.63) is 0 Å². The van der Waals surface area contributed by atoms with Crippen molar-refractivity contribution in [1.82, 2.24) is 5.32 Å². The molecule has 0 atom stereocenters. The largest absolute Gasteiger partial charge is 0.411 e. The summed E-state index contributed by atoms with van der Waals surface area (Å²) in [7, 11) is 0. The second-order valence-electron chi connectivity index (χ2n) is 2.46. The van der Waals surface area contributed by atoms with Crippen molar-refractivity contribution in [2.45, 2.75) is 12.6 Å². The maximum Gasteiger partial charge on any atom is 0.411 e. The second-order valence-corrected chi connectivity index (χ2v) is 2.84. The van der Waals surface area contributed by atoms with Gasteiger partial charge in [-0.1, -0.05) is 0 Å². The van der Waals surface area contributed by atoms with E-state index in [4.69, 9.17) is 11.6 Å². The molecule has 0 radical (unpaired) electrons. The molecule has 0 unspecified atom stereocenters. The Bertz CT molecular complexity index is 121. The molecule has 1 N–H and O–H groups in total. The summed E-state index contributed by atoms with van der Waals surface area (Å²) < 4.78 is 38.9. The van der Waals surface area contributed by atoms with Gasteiger partial charge in [0.2, 0.25) is 0 Å². The molecule has 0 aromatic heterocycles. The van der Waals surface area contributed by atoms with Crippen molar-refractivity contribution in [3.63, 3.8) is 0 Å². The zero-order chi connectivity index (χ0) is 10.2. The molecule has 0 bridgehead atoms. The van der Waals surface area contributed by atoms with Crippen LogP contribution in [0.3, 0.4) is 0 Å². The molecular weight excluding hydrogens is 207 g/mol. The molecule has 0 aliphatic rings. The topological polar surface area (TPSA) is 21.3 Å². The van der Waals surface area contributed by atoms with Crippen LogP contribution in [0.1, 0.15) is 6.42 Å². The summed E-state index contributed by atoms with van der Waals surface area (Å²) in [6.07, 6.45) is -3.42. The zero-order valence-corrected chi connectivity index (χ0v) is 7.92. The van der Waals surface area contributed by atoms with Gasteiger partial charge in [-0.15, -0.1) is 11.6 Å². The predicted octanol–water partition coefficient (Wildman–Crippen LogP) is 1.78. The fraction of sp³-hybridized carbons (Fsp3) is 1.00. The van der Waals surface area contributed by atoms with Gasteiger partial charge in [0.25, 0.3) is 0 Å². The summed E-state index contributed by atoms with van der Waals surface area (Å²) in [4.78, 5) is 0. The molecule has 0 amide bonds. The Kier molecular flexibility index (Phi) is 7.41. The standard InChI is InChI=1S/C7H13ClF3NO/c8-2-1-3-12-4-5-13-6-7(9,10)11/h12H,1-6H2. The minimum atomic E-state index is -4.23. The molecule has 0 aliphatic heterocycles. The second kappa shape index (κ2) is 7.41. The molecule has 6 heteroatoms. The molecule has 0 fully saturated rings. The van der Waals surface area contributed by atoms with Crippen LogP contribution in [-0.4, -0.2) is 38.4 Å². The van der Waals surface area contributed by atoms with Crippen LogP contribution in [0, 0.1) is 0 Å². The van der Waals surface area contributed by atoms with Crippen LogP contribution in [0.2, 0.25) is 0 Å². The third-order valence-corrected chi connectivity index (χ3v) is 1.44. The van der Waals surface area contributed by atoms with Gasteiger partial charge in [-0.25, -0.2) is 0 Å². The highest BCUT2D eigenvalue weighted by Gasteiger charge is 2.26. The number of nitrogens with one attached hydrogen (secondary N) is 1. The Labute approximate surface area is 80.4 Å². The van der Waals surface area contributed by atoms with Crippen LogP contribution < -0.4 is 5.32 Å². The van der Waals surface area contributed by atoms with E-state index in [1.165, 1.54) is 0 Å². The Hall–Kier alpha value is 0. The minimum absolute atomic E-state index is 0.0712. The summed E-state index contributed by atoms with van der Waals surface area (Å²) in [5, 5.41) is 2.90. The lowest BCUT2D eigenvalue weighted by atomic mass is 10.5. The van der Waals surface area contributed by atoms with E-state index in [-0.39, 0.29) is 6.61 Å². The van der Waals surface area contributed by atoms with Crippen molar-refractivity contribution in [2.75, 3.05) is 32.2 Å². The van der Waals surface area contributed by atoms with Gasteiger partial charge in [-0.05, 0) is 13.0 Å². The number of alkyl halides is 4. The van der Waals surface area contributed by atoms with Gasteiger partial charge in [0.15, 0.2) is 0 Å². The smallest absolute Gasteiger partial charge is 0.371 e. The monoisotopic (exact) mass is 219 g/mol. The van der Waals surface area contributed by atoms with Crippen molar-refractivity contribution in [3.8, 4) is 0 Å². The Morgan fingerprint density at radius 2 is 1.92 bits per heavy atom. The quantitative estimate of drug-likeness (QED) is 0.521. The lowest BCUT2D eigenvalue weighted by Crippen LogP contribution is -2.24. The summed E-state index contributed by atoms with van der Waals surface area (Å²) in [5.74, 6) is 0.552. The molecule has 2 nitrogen and oxygen atoms in total. The molecule has 0 saturated carbocycles. The highest BCUT2D eigenvalue weighted by molar-refractivity contribution is 6.17. The van der Waals surface area contributed by atoms with E-state index < -0.39 is 12.8 Å². The summed E-state index contributed by atoms with van der Waals surface area (Å²) in [5.41, 5.74) is 0. The lowest BCUT2D eigenvalue weighted by molar-refractivity contribution is -0.173. The molecule has 13 heavy (non-hydrogen) atoms. The van der Waals surface area contributed by atoms with Crippen LogP contribution in [0.15, 0.2) is 0 Å². The average Bonchev–Trinajstić information content (AvgIpc) is 2.01. The number of rotatable bonds is 7. The third-order valence-electron chi connectivity index (χ3n) is 1.18. The first kappa shape index (κ1) is 13.0. The molecular formula is C7H13ClF3NO. The first-order valence-electron chi connectivity index (χ1n) is 3.97. The van der Waals surface area contributed by atoms with E-state index >= 15 is 0 Å². The van der Waals surface area contributed by atoms with E-state index in [1.54, 1.807) is 0 Å². The van der Waals surface area contributed by atoms with Crippen LogP contribution in [0.5, 0.6) is 0 Å². The summed E-state index contributed by atoms with van der Waals surface area (Å²) in [6, 6.07) is 0. The fourth-order valence-corrected chi connectivity index (χ4v) is 0.783. The molecule has 0 spiro atoms. The van der Waals surface area contributed by atoms with E-state index in [2.05, 4.69) is 10.1 Å². The number of halogens is 4. The van der Waals surface area contributed by atoms with Gasteiger partial charge in [-0.2, -0.15) is 13.2 Å². The van der Waals surface area contributed by atoms with Crippen LogP contribution in [0.4, 0.5) is 13.2 Å². The highest BCUT2D eigenvalue weighted by Crippen LogP contribution is 2.13. The Morgan fingerprint density at radius 1 is 1.23 bits per heavy atom. The maximum atomic E-state index is 11.5. The van der Waals surface area contributed by atoms with Gasteiger partial charge >= 0.3 is 6.18 Å². The Balaban J connectivity index is 3.00. The minimum Gasteiger partial charge on any atom is -0.371 e. The van der Waals surface area contributed by atoms with E-state index in [1.807, 2.05) is 0 Å². The van der Waals surface area contributed by atoms with Crippen LogP contribution in [0.25, 0.3) is 0 Å². The Morgan fingerprint density at radius 3 is 2.46 bits per heavy atom. The van der Waals surface area contributed by atoms with Crippen molar-refractivity contribution in [2.24, 2.45) is 0 Å². The van der Waals surface area contributed by atoms with Gasteiger partial charge in [-0.3, -0.25) is 0 Å². The lowest BCUT2D eigenvalue weighted by Gasteiger charge is -2.07. The molecule has 80 valence electrons. The van der Waals surface area contributed by atoms with Crippen molar-refractivity contribution < 1.29 is 17.9 Å². The van der Waals surface area contributed by atoms with Gasteiger partial charge in [0, 0.05) is 12.4 Å². The molecule has 0 aromatic carbocycles. The van der Waals surface area contributed by atoms with E-state index in [9.17, 15) is 13.2 Å². The van der Waals surface area contributed by atoms with Crippen LogP contribution >= 0.6 is 11.6 Å². The molecule has 0 saturated heterocycles. The number of hydrogen-bond donors (Lipinski definition) is 1. The fourth-order valence-electron chi connectivity index (χ4n) is 0.649. The highest BCUT2D eigenvalue weighted by atomic mass is 35.5. The molecule has 0 heterocycles. The number of hydrogen-bond acceptors (Lipinski definition) is 2. The molecule has 0 aromatic rings. The van der Waals surface area contributed by atoms with Crippen molar-refractivity contribution >= 4 is 11.6 Å². The normalized spacial score (nSPS) is 12.0. The first-order chi connectivity index (χ1) is 6.06. The predicted molar refractivity (Wildman–Crippen MR) is 45.1 cm³/mol. The van der Waals surface area contributed by atoms with E-state index in [0.717, 1.165) is 6.42 Å². The summed E-state index contributed by atoms with van der Waals surface area (Å²) >= 11 is 5.38. The van der Waals surface area contributed by atoms with Crippen molar-refractivity contribution in [1.29, 1.82) is 0 Å². The van der Waals surface area contributed by atoms with Gasteiger partial charge < -0.3 is 10.1 Å². The number of ether oxygens (including phenoxy) is 1.